The first-order valence-corrected chi connectivity index (χ1v) is 15.6. The molecule has 2 aliphatic rings. The molecular formula is C33H46Cl2N2O3. The highest BCUT2D eigenvalue weighted by atomic mass is 35.5. The van der Waals surface area contributed by atoms with E-state index in [1.165, 1.54) is 11.1 Å². The van der Waals surface area contributed by atoms with E-state index in [4.69, 9.17) is 32.7 Å². The third kappa shape index (κ3) is 7.48. The summed E-state index contributed by atoms with van der Waals surface area (Å²) in [5.74, 6) is 0.360. The zero-order valence-electron chi connectivity index (χ0n) is 24.6. The highest BCUT2D eigenvalue weighted by Gasteiger charge is 2.30. The van der Waals surface area contributed by atoms with Crippen molar-refractivity contribution in [3.8, 4) is 0 Å². The van der Waals surface area contributed by atoms with Crippen molar-refractivity contribution in [2.45, 2.75) is 63.2 Å². The summed E-state index contributed by atoms with van der Waals surface area (Å²) in [5.41, 5.74) is 4.20. The number of halogens is 2. The lowest BCUT2D eigenvalue weighted by molar-refractivity contribution is -0.121. The van der Waals surface area contributed by atoms with Gasteiger partial charge in [0.25, 0.3) is 0 Å². The summed E-state index contributed by atoms with van der Waals surface area (Å²) in [5, 5.41) is 1.51. The van der Waals surface area contributed by atoms with Gasteiger partial charge in [-0.2, -0.15) is 0 Å². The molecule has 4 rings (SSSR count). The molecule has 5 nitrogen and oxygen atoms in total. The van der Waals surface area contributed by atoms with Crippen molar-refractivity contribution >= 4 is 29.0 Å². The Balaban J connectivity index is 1.44. The summed E-state index contributed by atoms with van der Waals surface area (Å²) in [7, 11) is 3.50. The topological polar surface area (TPSA) is 42.0 Å². The van der Waals surface area contributed by atoms with Crippen LogP contribution >= 0.6 is 23.2 Å². The van der Waals surface area contributed by atoms with Crippen LogP contribution in [0.15, 0.2) is 36.4 Å². The molecule has 2 aromatic carbocycles. The Bertz CT molecular complexity index is 1030. The van der Waals surface area contributed by atoms with Crippen molar-refractivity contribution in [2.24, 2.45) is 0 Å². The predicted octanol–water partition coefficient (Wildman–Crippen LogP) is 7.12. The number of rotatable bonds is 12. The SMILES string of the molecule is COCCN1CCC(c2cccc(C(C)C(=O)C(C)c3cccc(C4CCN(CCOC)CC4)c3Cl)c2Cl)CC1. The van der Waals surface area contributed by atoms with Crippen molar-refractivity contribution < 1.29 is 14.3 Å². The molecule has 2 aliphatic heterocycles. The van der Waals surface area contributed by atoms with Crippen molar-refractivity contribution in [1.29, 1.82) is 0 Å². The molecule has 0 aliphatic carbocycles. The molecule has 220 valence electrons. The first-order valence-electron chi connectivity index (χ1n) is 14.9. The van der Waals surface area contributed by atoms with Gasteiger partial charge in [0.15, 0.2) is 0 Å². The second kappa shape index (κ2) is 15.1. The van der Waals surface area contributed by atoms with Gasteiger partial charge in [-0.15, -0.1) is 0 Å². The van der Waals surface area contributed by atoms with E-state index < -0.39 is 0 Å². The van der Waals surface area contributed by atoms with Crippen LogP contribution in [-0.4, -0.2) is 82.3 Å². The molecule has 0 spiro atoms. The van der Waals surface area contributed by atoms with Crippen LogP contribution in [0.25, 0.3) is 0 Å². The van der Waals surface area contributed by atoms with E-state index in [1.807, 2.05) is 26.0 Å². The maximum atomic E-state index is 13.9. The molecule has 40 heavy (non-hydrogen) atoms. The smallest absolute Gasteiger partial charge is 0.147 e. The average Bonchev–Trinajstić information content (AvgIpc) is 2.99. The lowest BCUT2D eigenvalue weighted by atomic mass is 9.81. The molecule has 0 saturated carbocycles. The zero-order valence-corrected chi connectivity index (χ0v) is 26.1. The summed E-state index contributed by atoms with van der Waals surface area (Å²) in [6.45, 7) is 11.6. The predicted molar refractivity (Wildman–Crippen MR) is 165 cm³/mol. The lowest BCUT2D eigenvalue weighted by Crippen LogP contribution is -2.35. The number of carbonyl (C=O) groups is 1. The van der Waals surface area contributed by atoms with Gasteiger partial charge in [-0.05, 0) is 86.0 Å². The maximum absolute atomic E-state index is 13.9. The van der Waals surface area contributed by atoms with E-state index in [0.29, 0.717) is 11.8 Å². The molecule has 2 fully saturated rings. The van der Waals surface area contributed by atoms with Gasteiger partial charge in [0, 0.05) is 49.2 Å². The van der Waals surface area contributed by atoms with Crippen LogP contribution < -0.4 is 0 Å². The maximum Gasteiger partial charge on any atom is 0.147 e. The van der Waals surface area contributed by atoms with E-state index in [-0.39, 0.29) is 17.6 Å². The number of hydrogen-bond acceptors (Lipinski definition) is 5. The van der Waals surface area contributed by atoms with Crippen LogP contribution in [0.1, 0.15) is 85.5 Å². The summed E-state index contributed by atoms with van der Waals surface area (Å²) in [6.07, 6.45) is 4.28. The van der Waals surface area contributed by atoms with E-state index in [0.717, 1.165) is 99.3 Å². The molecule has 0 N–H and O–H groups in total. The normalized spacial score (nSPS) is 19.6. The van der Waals surface area contributed by atoms with Crippen LogP contribution in [0.4, 0.5) is 0 Å². The Kier molecular flexibility index (Phi) is 11.9. The minimum absolute atomic E-state index is 0.155. The Morgan fingerprint density at radius 1 is 0.750 bits per heavy atom. The fraction of sp³-hybridized carbons (Fsp3) is 0.606. The minimum atomic E-state index is -0.312. The standard InChI is InChI=1S/C33H46Cl2N2O3/c1-23(27-7-5-9-29(31(27)34)25-11-15-36(16-12-25)19-21-39-3)33(38)24(2)28-8-6-10-30(32(28)35)26-13-17-37(18-14-26)20-22-40-4/h5-10,23-26H,11-22H2,1-4H3. The number of nitrogens with zero attached hydrogens (tertiary/aromatic N) is 2. The van der Waals surface area contributed by atoms with E-state index in [9.17, 15) is 4.79 Å². The molecule has 2 aromatic rings. The summed E-state index contributed by atoms with van der Waals surface area (Å²) >= 11 is 14.1. The molecule has 2 atom stereocenters. The van der Waals surface area contributed by atoms with Crippen LogP contribution in [0.5, 0.6) is 0 Å². The highest BCUT2D eigenvalue weighted by molar-refractivity contribution is 6.33. The Hall–Kier alpha value is -1.47. The van der Waals surface area contributed by atoms with Crippen molar-refractivity contribution in [3.63, 3.8) is 0 Å². The van der Waals surface area contributed by atoms with Gasteiger partial charge >= 0.3 is 0 Å². The number of Topliss-reactive ketones (excluding diaryl/α,β-unsaturated/α-hetero) is 1. The van der Waals surface area contributed by atoms with Gasteiger partial charge in [0.2, 0.25) is 0 Å². The molecule has 2 unspecified atom stereocenters. The number of ether oxygens (including phenoxy) is 2. The Morgan fingerprint density at radius 2 is 1.12 bits per heavy atom. The summed E-state index contributed by atoms with van der Waals surface area (Å²) < 4.78 is 10.5. The average molecular weight is 590 g/mol. The second-order valence-corrected chi connectivity index (χ2v) is 12.3. The van der Waals surface area contributed by atoms with Gasteiger partial charge in [-0.25, -0.2) is 0 Å². The number of likely N-dealkylation sites (tertiary alicyclic amines) is 2. The van der Waals surface area contributed by atoms with Gasteiger partial charge < -0.3 is 19.3 Å². The van der Waals surface area contributed by atoms with Crippen LogP contribution in [0.2, 0.25) is 10.0 Å². The Morgan fingerprint density at radius 3 is 1.48 bits per heavy atom. The molecule has 0 radical (unpaired) electrons. The van der Waals surface area contributed by atoms with Crippen molar-refractivity contribution in [2.75, 3.05) is 66.7 Å². The van der Waals surface area contributed by atoms with Gasteiger partial charge in [-0.3, -0.25) is 4.79 Å². The lowest BCUT2D eigenvalue weighted by Gasteiger charge is -2.33. The van der Waals surface area contributed by atoms with Crippen molar-refractivity contribution in [3.05, 3.63) is 68.7 Å². The minimum Gasteiger partial charge on any atom is -0.383 e. The molecule has 0 aromatic heterocycles. The number of hydrogen-bond donors (Lipinski definition) is 0. The molecule has 0 amide bonds. The first-order chi connectivity index (χ1) is 19.3. The zero-order chi connectivity index (χ0) is 28.6. The van der Waals surface area contributed by atoms with Gasteiger partial charge in [0.05, 0.1) is 13.2 Å². The monoisotopic (exact) mass is 588 g/mol. The van der Waals surface area contributed by atoms with E-state index in [1.54, 1.807) is 14.2 Å². The molecule has 7 heteroatoms. The first kappa shape index (κ1) is 31.5. The highest BCUT2D eigenvalue weighted by Crippen LogP contribution is 2.41. The summed E-state index contributed by atoms with van der Waals surface area (Å²) in [4.78, 5) is 18.8. The number of piperidine rings is 2. The van der Waals surface area contributed by atoms with Gasteiger partial charge in [0.1, 0.15) is 5.78 Å². The van der Waals surface area contributed by atoms with Crippen LogP contribution in [0.3, 0.4) is 0 Å². The number of ketones is 1. The Labute approximate surface area is 251 Å². The summed E-state index contributed by atoms with van der Waals surface area (Å²) in [6, 6.07) is 12.4. The number of methoxy groups -OCH3 is 2. The van der Waals surface area contributed by atoms with E-state index in [2.05, 4.69) is 34.1 Å². The van der Waals surface area contributed by atoms with Crippen LogP contribution in [-0.2, 0) is 14.3 Å². The molecule has 0 bridgehead atoms. The van der Waals surface area contributed by atoms with Crippen LogP contribution in [0, 0.1) is 0 Å². The quantitative estimate of drug-likeness (QED) is 0.264. The van der Waals surface area contributed by atoms with E-state index >= 15 is 0 Å². The second-order valence-electron chi connectivity index (χ2n) is 11.6. The van der Waals surface area contributed by atoms with Crippen molar-refractivity contribution in [1.82, 2.24) is 9.80 Å². The molecule has 2 heterocycles. The largest absolute Gasteiger partial charge is 0.383 e. The number of benzene rings is 2. The fourth-order valence-electron chi connectivity index (χ4n) is 6.49. The molecule has 2 saturated heterocycles. The fourth-order valence-corrected chi connectivity index (χ4v) is 7.38. The third-order valence-electron chi connectivity index (χ3n) is 9.18. The third-order valence-corrected chi connectivity index (χ3v) is 10.1. The molecular weight excluding hydrogens is 543 g/mol. The number of carbonyl (C=O) groups excluding carboxylic acids is 1. The van der Waals surface area contributed by atoms with Gasteiger partial charge in [-0.1, -0.05) is 73.4 Å².